The third-order valence-electron chi connectivity index (χ3n) is 3.02. The molecule has 2 aromatic rings. The van der Waals surface area contributed by atoms with Gasteiger partial charge in [-0.2, -0.15) is 0 Å². The summed E-state index contributed by atoms with van der Waals surface area (Å²) in [6.07, 6.45) is 2.28. The Balaban J connectivity index is 1.66. The molecule has 0 aliphatic rings. The fourth-order valence-electron chi connectivity index (χ4n) is 1.91. The van der Waals surface area contributed by atoms with Crippen LogP contribution in [0.2, 0.25) is 0 Å². The Morgan fingerprint density at radius 2 is 2.18 bits per heavy atom. The van der Waals surface area contributed by atoms with Crippen molar-refractivity contribution in [2.75, 3.05) is 13.2 Å². The van der Waals surface area contributed by atoms with E-state index in [1.807, 2.05) is 11.4 Å². The molecule has 6 nitrogen and oxygen atoms in total. The maximum Gasteiger partial charge on any atom is 0.261 e. The number of thiophene rings is 1. The molecule has 1 atom stereocenters. The first-order valence-corrected chi connectivity index (χ1v) is 7.84. The fourth-order valence-corrected chi connectivity index (χ4v) is 2.55. The molecule has 0 bridgehead atoms. The molecular formula is C15H18N2O4S. The Labute approximate surface area is 132 Å². The summed E-state index contributed by atoms with van der Waals surface area (Å²) in [7, 11) is 0. The van der Waals surface area contributed by atoms with Gasteiger partial charge in [0.2, 0.25) is 5.91 Å². The quantitative estimate of drug-likeness (QED) is 0.645. The lowest BCUT2D eigenvalue weighted by Gasteiger charge is -2.13. The maximum absolute atomic E-state index is 11.8. The minimum Gasteiger partial charge on any atom is -0.467 e. The van der Waals surface area contributed by atoms with Gasteiger partial charge in [0.15, 0.2) is 0 Å². The van der Waals surface area contributed by atoms with Crippen molar-refractivity contribution in [3.8, 4) is 0 Å². The van der Waals surface area contributed by atoms with Crippen molar-refractivity contribution >= 4 is 23.2 Å². The zero-order chi connectivity index (χ0) is 15.8. The van der Waals surface area contributed by atoms with Crippen LogP contribution in [0.4, 0.5) is 0 Å². The normalized spacial score (nSPS) is 11.9. The molecule has 0 radical (unpaired) electrons. The molecule has 0 saturated carbocycles. The molecule has 0 aliphatic carbocycles. The second kappa shape index (κ2) is 8.35. The summed E-state index contributed by atoms with van der Waals surface area (Å²) in [5, 5.41) is 16.6. The van der Waals surface area contributed by atoms with Crippen LogP contribution in [0.15, 0.2) is 40.3 Å². The fraction of sp³-hybridized carbons (Fsp3) is 0.333. The van der Waals surface area contributed by atoms with E-state index in [9.17, 15) is 14.7 Å². The van der Waals surface area contributed by atoms with Crippen molar-refractivity contribution in [2.24, 2.45) is 0 Å². The van der Waals surface area contributed by atoms with E-state index in [1.165, 1.54) is 17.6 Å². The van der Waals surface area contributed by atoms with E-state index in [-0.39, 0.29) is 24.8 Å². The summed E-state index contributed by atoms with van der Waals surface area (Å²) in [6, 6.07) is 6.42. The third-order valence-corrected chi connectivity index (χ3v) is 3.88. The van der Waals surface area contributed by atoms with Crippen LogP contribution in [0.3, 0.4) is 0 Å². The number of amides is 2. The highest BCUT2D eigenvalue weighted by Crippen LogP contribution is 2.12. The van der Waals surface area contributed by atoms with Crippen LogP contribution in [0.1, 0.15) is 34.3 Å². The van der Waals surface area contributed by atoms with Crippen molar-refractivity contribution in [3.05, 3.63) is 46.5 Å². The van der Waals surface area contributed by atoms with E-state index in [1.54, 1.807) is 18.2 Å². The van der Waals surface area contributed by atoms with Gasteiger partial charge < -0.3 is 20.2 Å². The van der Waals surface area contributed by atoms with Gasteiger partial charge in [0.1, 0.15) is 11.8 Å². The molecule has 0 aliphatic heterocycles. The van der Waals surface area contributed by atoms with E-state index in [0.717, 1.165) is 0 Å². The number of aliphatic hydroxyl groups excluding tert-OH is 1. The zero-order valence-corrected chi connectivity index (χ0v) is 12.8. The second-order valence-corrected chi connectivity index (χ2v) is 5.60. The highest BCUT2D eigenvalue weighted by Gasteiger charge is 2.15. The van der Waals surface area contributed by atoms with Crippen molar-refractivity contribution in [1.29, 1.82) is 0 Å². The third kappa shape index (κ3) is 4.71. The summed E-state index contributed by atoms with van der Waals surface area (Å²) in [4.78, 5) is 24.1. The number of aliphatic hydroxyl groups is 1. The highest BCUT2D eigenvalue weighted by atomic mass is 32.1. The first-order valence-electron chi connectivity index (χ1n) is 6.96. The molecule has 0 fully saturated rings. The number of carbonyl (C=O) groups is 2. The van der Waals surface area contributed by atoms with E-state index in [4.69, 9.17) is 4.42 Å². The van der Waals surface area contributed by atoms with Crippen LogP contribution in [0.25, 0.3) is 0 Å². The van der Waals surface area contributed by atoms with Crippen LogP contribution in [-0.2, 0) is 4.79 Å². The average molecular weight is 322 g/mol. The minimum atomic E-state index is -0.539. The molecule has 2 amide bonds. The smallest absolute Gasteiger partial charge is 0.261 e. The van der Waals surface area contributed by atoms with Gasteiger partial charge in [0.25, 0.3) is 5.91 Å². The first-order chi connectivity index (χ1) is 10.7. The molecule has 7 heteroatoms. The number of furan rings is 1. The van der Waals surface area contributed by atoms with Crippen LogP contribution >= 0.6 is 11.3 Å². The molecule has 2 heterocycles. The zero-order valence-electron chi connectivity index (χ0n) is 12.0. The van der Waals surface area contributed by atoms with Gasteiger partial charge in [-0.1, -0.05) is 6.07 Å². The topological polar surface area (TPSA) is 91.6 Å². The predicted octanol–water partition coefficient (Wildman–Crippen LogP) is 1.70. The Morgan fingerprint density at radius 1 is 1.32 bits per heavy atom. The van der Waals surface area contributed by atoms with E-state index in [2.05, 4.69) is 10.6 Å². The molecule has 3 N–H and O–H groups in total. The van der Waals surface area contributed by atoms with Gasteiger partial charge in [-0.15, -0.1) is 11.3 Å². The highest BCUT2D eigenvalue weighted by molar-refractivity contribution is 7.12. The summed E-state index contributed by atoms with van der Waals surface area (Å²) >= 11 is 1.38. The van der Waals surface area contributed by atoms with Crippen molar-refractivity contribution in [1.82, 2.24) is 10.6 Å². The summed E-state index contributed by atoms with van der Waals surface area (Å²) in [5.41, 5.74) is 0. The second-order valence-electron chi connectivity index (χ2n) is 4.65. The molecule has 2 aromatic heterocycles. The molecule has 118 valence electrons. The van der Waals surface area contributed by atoms with Gasteiger partial charge in [0.05, 0.1) is 17.7 Å². The van der Waals surface area contributed by atoms with Crippen LogP contribution in [0, 0.1) is 0 Å². The monoisotopic (exact) mass is 322 g/mol. The van der Waals surface area contributed by atoms with Gasteiger partial charge in [-0.05, 0) is 30.0 Å². The summed E-state index contributed by atoms with van der Waals surface area (Å²) in [5.74, 6) is 0.196. The lowest BCUT2D eigenvalue weighted by Crippen LogP contribution is -2.31. The molecule has 22 heavy (non-hydrogen) atoms. The number of nitrogens with one attached hydrogen (secondary N) is 2. The number of rotatable bonds is 8. The lowest BCUT2D eigenvalue weighted by atomic mass is 10.2. The lowest BCUT2D eigenvalue weighted by molar-refractivity contribution is -0.122. The van der Waals surface area contributed by atoms with Crippen LogP contribution in [0.5, 0.6) is 0 Å². The number of carbonyl (C=O) groups excluding carboxylic acids is 2. The minimum absolute atomic E-state index is 0.126. The van der Waals surface area contributed by atoms with Crippen LogP contribution in [-0.4, -0.2) is 30.1 Å². The summed E-state index contributed by atoms with van der Waals surface area (Å²) < 4.78 is 5.16. The van der Waals surface area contributed by atoms with Gasteiger partial charge in [-0.3, -0.25) is 9.59 Å². The van der Waals surface area contributed by atoms with Crippen molar-refractivity contribution in [2.45, 2.75) is 18.9 Å². The van der Waals surface area contributed by atoms with Crippen LogP contribution < -0.4 is 10.6 Å². The Kier molecular flexibility index (Phi) is 6.17. The standard InChI is InChI=1S/C15H18N2O4S/c18-10-11(12-4-2-8-21-12)17-14(19)6-1-7-16-15(20)13-5-3-9-22-13/h2-5,8-9,11,18H,1,6-7,10H2,(H,16,20)(H,17,19). The molecular weight excluding hydrogens is 304 g/mol. The molecule has 1 unspecified atom stereocenters. The summed E-state index contributed by atoms with van der Waals surface area (Å²) in [6.45, 7) is 0.197. The van der Waals surface area contributed by atoms with E-state index >= 15 is 0 Å². The Bertz CT molecular complexity index is 581. The Morgan fingerprint density at radius 3 is 2.82 bits per heavy atom. The first kappa shape index (κ1) is 16.3. The van der Waals surface area contributed by atoms with Gasteiger partial charge in [0, 0.05) is 13.0 Å². The van der Waals surface area contributed by atoms with E-state index < -0.39 is 6.04 Å². The average Bonchev–Trinajstić information content (AvgIpc) is 3.21. The van der Waals surface area contributed by atoms with Gasteiger partial charge in [-0.25, -0.2) is 0 Å². The van der Waals surface area contributed by atoms with Crippen molar-refractivity contribution in [3.63, 3.8) is 0 Å². The van der Waals surface area contributed by atoms with E-state index in [0.29, 0.717) is 23.6 Å². The largest absolute Gasteiger partial charge is 0.467 e. The van der Waals surface area contributed by atoms with Crippen molar-refractivity contribution < 1.29 is 19.1 Å². The molecule has 2 rings (SSSR count). The Hall–Kier alpha value is -2.12. The maximum atomic E-state index is 11.8. The predicted molar refractivity (Wildman–Crippen MR) is 82.6 cm³/mol. The SMILES string of the molecule is O=C(CCCNC(=O)c1cccs1)NC(CO)c1ccco1. The molecule has 0 saturated heterocycles. The number of hydrogen-bond acceptors (Lipinski definition) is 5. The molecule has 0 aromatic carbocycles. The molecule has 0 spiro atoms. The number of hydrogen-bond donors (Lipinski definition) is 3. The van der Waals surface area contributed by atoms with Gasteiger partial charge >= 0.3 is 0 Å².